The number of amides is 1. The lowest BCUT2D eigenvalue weighted by molar-refractivity contribution is 0.0133. The number of carbonyl (C=O) groups excluding carboxylic acids is 1. The van der Waals surface area contributed by atoms with Crippen molar-refractivity contribution in [1.29, 1.82) is 0 Å². The fourth-order valence-electron chi connectivity index (χ4n) is 2.09. The standard InChI is InChI=1S/C15H20ClNO3S/c1-15(2,3)20-14(19)17-8-9-21-13(17)12(18)10-4-6-11(16)7-5-10/h4-7,12-13,18H,8-9H2,1-3H3/t12-,13-/m1/s1. The third-order valence-corrected chi connectivity index (χ3v) is 4.56. The van der Waals surface area contributed by atoms with E-state index in [2.05, 4.69) is 0 Å². The Morgan fingerprint density at radius 1 is 1.43 bits per heavy atom. The molecule has 0 radical (unpaired) electrons. The molecule has 1 N–H and O–H groups in total. The maximum absolute atomic E-state index is 12.2. The Kier molecular flexibility index (Phi) is 5.07. The molecular formula is C15H20ClNO3S. The highest BCUT2D eigenvalue weighted by molar-refractivity contribution is 8.00. The second-order valence-corrected chi connectivity index (χ2v) is 7.59. The van der Waals surface area contributed by atoms with E-state index in [-0.39, 0.29) is 11.5 Å². The van der Waals surface area contributed by atoms with Gasteiger partial charge in [0.15, 0.2) is 0 Å². The maximum atomic E-state index is 12.2. The van der Waals surface area contributed by atoms with E-state index >= 15 is 0 Å². The molecule has 6 heteroatoms. The molecule has 1 aliphatic heterocycles. The first kappa shape index (κ1) is 16.5. The van der Waals surface area contributed by atoms with Gasteiger partial charge < -0.3 is 9.84 Å². The summed E-state index contributed by atoms with van der Waals surface area (Å²) < 4.78 is 5.40. The van der Waals surface area contributed by atoms with Crippen LogP contribution < -0.4 is 0 Å². The van der Waals surface area contributed by atoms with Crippen LogP contribution in [0.15, 0.2) is 24.3 Å². The van der Waals surface area contributed by atoms with E-state index in [1.807, 2.05) is 20.8 Å². The van der Waals surface area contributed by atoms with Crippen molar-refractivity contribution in [3.63, 3.8) is 0 Å². The highest BCUT2D eigenvalue weighted by Gasteiger charge is 2.37. The normalized spacial score (nSPS) is 20.4. The lowest BCUT2D eigenvalue weighted by atomic mass is 10.1. The molecule has 0 bridgehead atoms. The maximum Gasteiger partial charge on any atom is 0.411 e. The van der Waals surface area contributed by atoms with Gasteiger partial charge in [-0.15, -0.1) is 11.8 Å². The fourth-order valence-corrected chi connectivity index (χ4v) is 3.47. The topological polar surface area (TPSA) is 49.8 Å². The fraction of sp³-hybridized carbons (Fsp3) is 0.533. The smallest absolute Gasteiger partial charge is 0.411 e. The van der Waals surface area contributed by atoms with Crippen LogP contribution in [0.3, 0.4) is 0 Å². The minimum atomic E-state index is -0.762. The monoisotopic (exact) mass is 329 g/mol. The van der Waals surface area contributed by atoms with Gasteiger partial charge >= 0.3 is 6.09 Å². The van der Waals surface area contributed by atoms with E-state index in [1.54, 1.807) is 40.9 Å². The number of hydrogen-bond donors (Lipinski definition) is 1. The van der Waals surface area contributed by atoms with Crippen molar-refractivity contribution in [3.8, 4) is 0 Å². The second-order valence-electron chi connectivity index (χ2n) is 5.93. The van der Waals surface area contributed by atoms with Crippen LogP contribution in [0.5, 0.6) is 0 Å². The summed E-state index contributed by atoms with van der Waals surface area (Å²) in [6.07, 6.45) is -1.15. The largest absolute Gasteiger partial charge is 0.444 e. The Morgan fingerprint density at radius 3 is 2.62 bits per heavy atom. The van der Waals surface area contributed by atoms with E-state index in [1.165, 1.54) is 0 Å². The molecule has 1 aromatic rings. The Morgan fingerprint density at radius 2 is 2.05 bits per heavy atom. The highest BCUT2D eigenvalue weighted by Crippen LogP contribution is 2.35. The zero-order valence-corrected chi connectivity index (χ0v) is 13.9. The number of aliphatic hydroxyl groups excluding tert-OH is 1. The SMILES string of the molecule is CC(C)(C)OC(=O)N1CCS[C@@H]1[C@H](O)c1ccc(Cl)cc1. The average molecular weight is 330 g/mol. The molecule has 0 aliphatic carbocycles. The van der Waals surface area contributed by atoms with E-state index in [0.29, 0.717) is 11.6 Å². The van der Waals surface area contributed by atoms with Gasteiger partial charge in [-0.25, -0.2) is 4.79 Å². The quantitative estimate of drug-likeness (QED) is 0.899. The van der Waals surface area contributed by atoms with E-state index in [0.717, 1.165) is 11.3 Å². The molecule has 1 aromatic carbocycles. The third kappa shape index (κ3) is 4.28. The summed E-state index contributed by atoms with van der Waals surface area (Å²) in [6.45, 7) is 6.07. The van der Waals surface area contributed by atoms with Gasteiger partial charge in [0, 0.05) is 17.3 Å². The van der Waals surface area contributed by atoms with Gasteiger partial charge in [0.2, 0.25) is 0 Å². The Labute approximate surface area is 134 Å². The first-order chi connectivity index (χ1) is 9.78. The molecule has 21 heavy (non-hydrogen) atoms. The molecule has 2 atom stereocenters. The molecule has 1 saturated heterocycles. The first-order valence-electron chi connectivity index (χ1n) is 6.83. The highest BCUT2D eigenvalue weighted by atomic mass is 35.5. The zero-order chi connectivity index (χ0) is 15.6. The number of carbonyl (C=O) groups is 1. The first-order valence-corrected chi connectivity index (χ1v) is 8.25. The molecular weight excluding hydrogens is 310 g/mol. The van der Waals surface area contributed by atoms with E-state index in [4.69, 9.17) is 16.3 Å². The van der Waals surface area contributed by atoms with Crippen LogP contribution in [0.4, 0.5) is 4.79 Å². The Bertz CT molecular complexity index is 501. The predicted octanol–water partition coefficient (Wildman–Crippen LogP) is 3.68. The molecule has 116 valence electrons. The summed E-state index contributed by atoms with van der Waals surface area (Å²) in [6, 6.07) is 7.02. The summed E-state index contributed by atoms with van der Waals surface area (Å²) in [5.74, 6) is 0.786. The zero-order valence-electron chi connectivity index (χ0n) is 12.4. The molecule has 0 spiro atoms. The number of ether oxygens (including phenoxy) is 1. The minimum absolute atomic E-state index is 0.332. The summed E-state index contributed by atoms with van der Waals surface area (Å²) in [5.41, 5.74) is 0.201. The van der Waals surface area contributed by atoms with Crippen LogP contribution >= 0.6 is 23.4 Å². The van der Waals surface area contributed by atoms with Gasteiger partial charge in [0.25, 0.3) is 0 Å². The Hall–Kier alpha value is -0.910. The molecule has 1 heterocycles. The lowest BCUT2D eigenvalue weighted by Gasteiger charge is -2.30. The van der Waals surface area contributed by atoms with Crippen molar-refractivity contribution in [3.05, 3.63) is 34.9 Å². The van der Waals surface area contributed by atoms with Crippen molar-refractivity contribution < 1.29 is 14.6 Å². The van der Waals surface area contributed by atoms with Crippen molar-refractivity contribution in [1.82, 2.24) is 4.90 Å². The molecule has 4 nitrogen and oxygen atoms in total. The number of halogens is 1. The minimum Gasteiger partial charge on any atom is -0.444 e. The van der Waals surface area contributed by atoms with Crippen molar-refractivity contribution in [2.24, 2.45) is 0 Å². The van der Waals surface area contributed by atoms with Crippen LogP contribution in [-0.4, -0.2) is 39.4 Å². The number of hydrogen-bond acceptors (Lipinski definition) is 4. The second kappa shape index (κ2) is 6.46. The number of thioether (sulfide) groups is 1. The third-order valence-electron chi connectivity index (χ3n) is 3.04. The van der Waals surface area contributed by atoms with Crippen LogP contribution in [0.25, 0.3) is 0 Å². The number of benzene rings is 1. The summed E-state index contributed by atoms with van der Waals surface area (Å²) in [7, 11) is 0. The van der Waals surface area contributed by atoms with Crippen LogP contribution in [0, 0.1) is 0 Å². The molecule has 1 aliphatic rings. The van der Waals surface area contributed by atoms with Gasteiger partial charge in [-0.3, -0.25) is 4.90 Å². The van der Waals surface area contributed by atoms with Crippen molar-refractivity contribution >= 4 is 29.5 Å². The van der Waals surface area contributed by atoms with Gasteiger partial charge in [-0.2, -0.15) is 0 Å². The summed E-state index contributed by atoms with van der Waals surface area (Å²) in [4.78, 5) is 13.8. The molecule has 2 rings (SSSR count). The summed E-state index contributed by atoms with van der Waals surface area (Å²) >= 11 is 7.41. The Balaban J connectivity index is 2.10. The molecule has 1 fully saturated rings. The lowest BCUT2D eigenvalue weighted by Crippen LogP contribution is -2.41. The van der Waals surface area contributed by atoms with Crippen LogP contribution in [-0.2, 0) is 4.74 Å². The van der Waals surface area contributed by atoms with Crippen molar-refractivity contribution in [2.75, 3.05) is 12.3 Å². The molecule has 0 aromatic heterocycles. The molecule has 0 unspecified atom stereocenters. The van der Waals surface area contributed by atoms with Crippen LogP contribution in [0.2, 0.25) is 5.02 Å². The number of aliphatic hydroxyl groups is 1. The van der Waals surface area contributed by atoms with Gasteiger partial charge in [-0.05, 0) is 38.5 Å². The molecule has 0 saturated carbocycles. The van der Waals surface area contributed by atoms with E-state index < -0.39 is 11.7 Å². The van der Waals surface area contributed by atoms with Gasteiger partial charge in [0.05, 0.1) is 0 Å². The van der Waals surface area contributed by atoms with Crippen molar-refractivity contribution in [2.45, 2.75) is 37.9 Å². The van der Waals surface area contributed by atoms with Gasteiger partial charge in [0.1, 0.15) is 17.1 Å². The average Bonchev–Trinajstić information content (AvgIpc) is 2.86. The molecule has 1 amide bonds. The number of rotatable bonds is 2. The van der Waals surface area contributed by atoms with E-state index in [9.17, 15) is 9.90 Å². The summed E-state index contributed by atoms with van der Waals surface area (Å²) in [5, 5.41) is 10.8. The predicted molar refractivity (Wildman–Crippen MR) is 85.6 cm³/mol. The van der Waals surface area contributed by atoms with Gasteiger partial charge in [-0.1, -0.05) is 23.7 Å². The number of nitrogens with zero attached hydrogens (tertiary/aromatic N) is 1. The van der Waals surface area contributed by atoms with Crippen LogP contribution in [0.1, 0.15) is 32.4 Å².